The van der Waals surface area contributed by atoms with Gasteiger partial charge in [0.1, 0.15) is 41.3 Å². The lowest BCUT2D eigenvalue weighted by molar-refractivity contribution is -0.132. The van der Waals surface area contributed by atoms with E-state index in [4.69, 9.17) is 25.1 Å². The van der Waals surface area contributed by atoms with Crippen molar-refractivity contribution in [2.75, 3.05) is 42.4 Å². The van der Waals surface area contributed by atoms with Gasteiger partial charge in [0.15, 0.2) is 11.5 Å². The van der Waals surface area contributed by atoms with Crippen molar-refractivity contribution in [3.05, 3.63) is 72.1 Å². The molecule has 5 atom stereocenters. The summed E-state index contributed by atoms with van der Waals surface area (Å²) in [5.74, 6) is -0.463. The number of imidazole rings is 1. The first kappa shape index (κ1) is 38.5. The van der Waals surface area contributed by atoms with Crippen molar-refractivity contribution in [3.63, 3.8) is 0 Å². The minimum absolute atomic E-state index is 0.00110. The number of methoxy groups -OCH3 is 1. The number of benzene rings is 2. The smallest absolute Gasteiger partial charge is 0.245 e. The lowest BCUT2D eigenvalue weighted by atomic mass is 9.77. The van der Waals surface area contributed by atoms with Crippen molar-refractivity contribution < 1.29 is 22.7 Å². The molecule has 4 aromatic heterocycles. The molecule has 2 N–H and O–H groups in total. The van der Waals surface area contributed by atoms with Crippen LogP contribution >= 0.6 is 0 Å². The summed E-state index contributed by atoms with van der Waals surface area (Å²) in [6.45, 7) is 6.29. The predicted molar refractivity (Wildman–Crippen MR) is 221 cm³/mol. The number of aryl methyl sites for hydroxylation is 1. The molecule has 2 unspecified atom stereocenters. The summed E-state index contributed by atoms with van der Waals surface area (Å²) < 4.78 is 54.0. The number of amides is 1. The Morgan fingerprint density at radius 1 is 1.00 bits per heavy atom. The minimum Gasteiger partial charge on any atom is -0.378 e. The molecule has 2 aromatic carbocycles. The van der Waals surface area contributed by atoms with Crippen LogP contribution in [0.1, 0.15) is 31.5 Å². The molecule has 61 heavy (non-hydrogen) atoms. The monoisotopic (exact) mass is 833 g/mol. The summed E-state index contributed by atoms with van der Waals surface area (Å²) in [6.07, 6.45) is 6.41. The van der Waals surface area contributed by atoms with Crippen molar-refractivity contribution in [1.29, 1.82) is 5.41 Å². The maximum absolute atomic E-state index is 15.5. The normalized spacial score (nSPS) is 23.7. The van der Waals surface area contributed by atoms with Gasteiger partial charge in [-0.15, -0.1) is 0 Å². The minimum atomic E-state index is -0.820. The average Bonchev–Trinajstić information content (AvgIpc) is 3.95. The zero-order chi connectivity index (χ0) is 42.3. The molecular formula is C41H42F3N15O2. The molecule has 1 saturated carbocycles. The molecule has 6 aromatic rings. The second kappa shape index (κ2) is 14.8. The standard InChI is InChI=1S/C41H42F3N15O2/c1-21-49-33-11-23(43)9-29-32-7-8-47-40(51-32)50-24-12-35(39(60)54(3)18-28(61-4)19-55(21)36(29)33)56(17-24)37-30-16-48-59(34-6-5-22(42)10-31(34)44)38(30)53-41(52-37)58-26-13-25(14-27(58)15-26)57(20-45)46-2/h5-11,16,20,24-28,35,45H,2,12-15,17-19H2,1,3-4H3,(H,47,50,51)/t24-,25?,26?,27?,28-,35-/m0/s1. The van der Waals surface area contributed by atoms with Crippen molar-refractivity contribution in [3.8, 4) is 16.9 Å². The highest BCUT2D eigenvalue weighted by Crippen LogP contribution is 2.44. The number of anilines is 3. The number of hydrogen-bond donors (Lipinski definition) is 2. The first-order valence-electron chi connectivity index (χ1n) is 20.1. The summed E-state index contributed by atoms with van der Waals surface area (Å²) in [7, 11) is 3.33. The molecule has 5 aliphatic rings. The van der Waals surface area contributed by atoms with Gasteiger partial charge < -0.3 is 29.3 Å². The molecule has 314 valence electrons. The van der Waals surface area contributed by atoms with Gasteiger partial charge in [0.2, 0.25) is 17.8 Å². The Morgan fingerprint density at radius 2 is 1.82 bits per heavy atom. The van der Waals surface area contributed by atoms with E-state index in [9.17, 15) is 9.18 Å². The SMILES string of the molecule is C=NN(C=N)C1CC2CC(C1)N2c1nc(N2C[C@@H]3C[C@H]2C(=O)N(C)C[C@H](OC)Cn2c(C)nc4cc(F)cc(c42)-c2ccnc(n2)N3)c2cnn(-c3ccc(F)cc3F)c2n1. The highest BCUT2D eigenvalue weighted by Gasteiger charge is 2.49. The van der Waals surface area contributed by atoms with Gasteiger partial charge in [0, 0.05) is 76.0 Å². The largest absolute Gasteiger partial charge is 0.378 e. The maximum atomic E-state index is 15.5. The van der Waals surface area contributed by atoms with E-state index in [-0.39, 0.29) is 60.4 Å². The van der Waals surface area contributed by atoms with Crippen LogP contribution in [0.25, 0.3) is 39.0 Å². The molecule has 0 radical (unpaired) electrons. The van der Waals surface area contributed by atoms with E-state index in [1.807, 2.05) is 16.4 Å². The molecule has 20 heteroatoms. The molecule has 1 amide bonds. The molecule has 0 spiro atoms. The number of nitrogens with one attached hydrogen (secondary N) is 2. The summed E-state index contributed by atoms with van der Waals surface area (Å²) in [6, 6.07) is 6.72. The highest BCUT2D eigenvalue weighted by atomic mass is 19.1. The molecule has 4 aliphatic heterocycles. The van der Waals surface area contributed by atoms with Gasteiger partial charge in [0.25, 0.3) is 0 Å². The van der Waals surface area contributed by atoms with Gasteiger partial charge in [-0.1, -0.05) is 0 Å². The molecule has 11 rings (SSSR count). The number of ether oxygens (including phenoxy) is 1. The van der Waals surface area contributed by atoms with Crippen LogP contribution in [-0.4, -0.2) is 132 Å². The van der Waals surface area contributed by atoms with E-state index in [0.29, 0.717) is 71.1 Å². The Morgan fingerprint density at radius 3 is 2.57 bits per heavy atom. The summed E-state index contributed by atoms with van der Waals surface area (Å²) in [4.78, 5) is 44.8. The highest BCUT2D eigenvalue weighted by molar-refractivity contribution is 5.94. The first-order valence-corrected chi connectivity index (χ1v) is 20.1. The predicted octanol–water partition coefficient (Wildman–Crippen LogP) is 4.53. The number of carbonyl (C=O) groups excluding carboxylic acids is 1. The van der Waals surface area contributed by atoms with Gasteiger partial charge >= 0.3 is 0 Å². The van der Waals surface area contributed by atoms with Crippen LogP contribution in [-0.2, 0) is 16.1 Å². The molecule has 3 saturated heterocycles. The van der Waals surface area contributed by atoms with Gasteiger partial charge in [0.05, 0.1) is 47.0 Å². The summed E-state index contributed by atoms with van der Waals surface area (Å²) in [5, 5.41) is 21.9. The number of carbonyl (C=O) groups is 1. The fourth-order valence-electron chi connectivity index (χ4n) is 9.69. The van der Waals surface area contributed by atoms with Crippen LogP contribution in [0.3, 0.4) is 0 Å². The van der Waals surface area contributed by atoms with Gasteiger partial charge in [-0.05, 0) is 56.9 Å². The third-order valence-electron chi connectivity index (χ3n) is 12.5. The average molecular weight is 834 g/mol. The zero-order valence-corrected chi connectivity index (χ0v) is 33.6. The third kappa shape index (κ3) is 6.46. The van der Waals surface area contributed by atoms with Crippen molar-refractivity contribution in [2.45, 2.75) is 75.5 Å². The van der Waals surface area contributed by atoms with Crippen LogP contribution in [0.15, 0.2) is 53.9 Å². The van der Waals surface area contributed by atoms with Crippen LogP contribution in [0.5, 0.6) is 0 Å². The Balaban J connectivity index is 1.09. The zero-order valence-electron chi connectivity index (χ0n) is 33.6. The van der Waals surface area contributed by atoms with Crippen LogP contribution in [0.4, 0.5) is 30.9 Å². The Labute approximate surface area is 347 Å². The second-order valence-electron chi connectivity index (χ2n) is 16.1. The third-order valence-corrected chi connectivity index (χ3v) is 12.5. The van der Waals surface area contributed by atoms with E-state index in [0.717, 1.165) is 18.6 Å². The molecule has 6 bridgehead atoms. The number of rotatable bonds is 7. The van der Waals surface area contributed by atoms with Gasteiger partial charge in [-0.2, -0.15) is 20.2 Å². The van der Waals surface area contributed by atoms with E-state index < -0.39 is 29.6 Å². The van der Waals surface area contributed by atoms with Crippen molar-refractivity contribution >= 4 is 58.7 Å². The van der Waals surface area contributed by atoms with E-state index in [1.54, 1.807) is 36.3 Å². The second-order valence-corrected chi connectivity index (χ2v) is 16.1. The number of nitrogens with zero attached hydrogens (tertiary/aromatic N) is 13. The number of fused-ring (bicyclic) bond motifs is 8. The first-order chi connectivity index (χ1) is 29.5. The lowest BCUT2D eigenvalue weighted by Crippen LogP contribution is -2.64. The summed E-state index contributed by atoms with van der Waals surface area (Å²) >= 11 is 0. The molecular weight excluding hydrogens is 792 g/mol. The number of aromatic nitrogens is 8. The lowest BCUT2D eigenvalue weighted by Gasteiger charge is -2.56. The Bertz CT molecular complexity index is 2720. The van der Waals surface area contributed by atoms with Gasteiger partial charge in [-0.25, -0.2) is 32.8 Å². The Kier molecular flexibility index (Phi) is 9.33. The van der Waals surface area contributed by atoms with Crippen molar-refractivity contribution in [1.82, 2.24) is 49.2 Å². The van der Waals surface area contributed by atoms with Gasteiger partial charge in [-0.3, -0.25) is 15.2 Å². The topological polar surface area (TPSA) is 175 Å². The molecule has 8 heterocycles. The van der Waals surface area contributed by atoms with Crippen LogP contribution in [0, 0.1) is 29.8 Å². The molecule has 1 aliphatic carbocycles. The number of piperidine rings is 1. The number of likely N-dealkylation sites (N-methyl/N-ethyl adjacent to an activating group) is 1. The maximum Gasteiger partial charge on any atom is 0.245 e. The van der Waals surface area contributed by atoms with E-state index in [2.05, 4.69) is 37.1 Å². The number of hydrazone groups is 1. The van der Waals surface area contributed by atoms with E-state index in [1.165, 1.54) is 35.4 Å². The summed E-state index contributed by atoms with van der Waals surface area (Å²) in [5.41, 5.74) is 2.48. The van der Waals surface area contributed by atoms with Crippen LogP contribution in [0.2, 0.25) is 0 Å². The number of hydrogen-bond acceptors (Lipinski definition) is 13. The van der Waals surface area contributed by atoms with Crippen molar-refractivity contribution in [2.24, 2.45) is 5.10 Å². The fourth-order valence-corrected chi connectivity index (χ4v) is 9.69. The molecule has 17 nitrogen and oxygen atoms in total. The Hall–Kier alpha value is -6.70. The quantitative estimate of drug-likeness (QED) is 0.131. The fraction of sp³-hybridized carbons (Fsp3) is 0.390. The van der Waals surface area contributed by atoms with E-state index >= 15 is 8.78 Å². The van der Waals surface area contributed by atoms with Crippen LogP contribution < -0.4 is 15.1 Å². The number of halogens is 3. The molecule has 4 fully saturated rings.